The minimum absolute atomic E-state index is 0.0310. The lowest BCUT2D eigenvalue weighted by Gasteiger charge is -2.19. The minimum Gasteiger partial charge on any atom is -0.394 e. The summed E-state index contributed by atoms with van der Waals surface area (Å²) >= 11 is 0. The maximum atomic E-state index is 12.2. The van der Waals surface area contributed by atoms with Crippen molar-refractivity contribution in [2.75, 3.05) is 38.5 Å². The highest BCUT2D eigenvalue weighted by molar-refractivity contribution is 7.52. The number of hydrogen-bond donors (Lipinski definition) is 3. The maximum Gasteiger partial charge on any atom is 0.353 e. The van der Waals surface area contributed by atoms with E-state index in [9.17, 15) is 19.4 Å². The second-order valence-electron chi connectivity index (χ2n) is 10.8. The average molecular weight is 574 g/mol. The monoisotopic (exact) mass is 573 g/mol. The van der Waals surface area contributed by atoms with Crippen molar-refractivity contribution in [1.29, 1.82) is 0 Å². The van der Waals surface area contributed by atoms with Crippen LogP contribution in [0.5, 0.6) is 0 Å². The van der Waals surface area contributed by atoms with Gasteiger partial charge in [0.1, 0.15) is 12.2 Å². The van der Waals surface area contributed by atoms with Gasteiger partial charge in [-0.25, -0.2) is 4.79 Å². The molecule has 4 N–H and O–H groups in total. The van der Waals surface area contributed by atoms with Gasteiger partial charge in [-0.1, -0.05) is 89.9 Å². The van der Waals surface area contributed by atoms with Gasteiger partial charge in [-0.2, -0.15) is 4.98 Å². The Morgan fingerprint density at radius 2 is 1.54 bits per heavy atom. The van der Waals surface area contributed by atoms with E-state index in [0.717, 1.165) is 12.3 Å². The predicted octanol–water partition coefficient (Wildman–Crippen LogP) is 5.25. The molecule has 0 aromatic carbocycles. The van der Waals surface area contributed by atoms with E-state index in [2.05, 4.69) is 4.98 Å². The van der Waals surface area contributed by atoms with Crippen molar-refractivity contribution >= 4 is 13.4 Å². The molecular formula is C28H52N3O7P. The van der Waals surface area contributed by atoms with Crippen molar-refractivity contribution in [3.05, 3.63) is 22.7 Å². The molecule has 0 aliphatic heterocycles. The molecular weight excluding hydrogens is 521 g/mol. The molecule has 0 radical (unpaired) electrons. The smallest absolute Gasteiger partial charge is 0.353 e. The van der Waals surface area contributed by atoms with Gasteiger partial charge in [0.2, 0.25) is 0 Å². The second kappa shape index (κ2) is 20.6. The quantitative estimate of drug-likeness (QED) is 0.0999. The fourth-order valence-electron chi connectivity index (χ4n) is 4.48. The first-order valence-electron chi connectivity index (χ1n) is 15.0. The van der Waals surface area contributed by atoms with E-state index in [4.69, 9.17) is 19.7 Å². The molecule has 0 amide bonds. The molecule has 1 fully saturated rings. The average Bonchev–Trinajstić information content (AvgIpc) is 3.73. The number of aliphatic hydroxyl groups is 1. The van der Waals surface area contributed by atoms with E-state index in [1.807, 2.05) is 0 Å². The Balaban J connectivity index is 1.34. The Morgan fingerprint density at radius 1 is 0.949 bits per heavy atom. The van der Waals surface area contributed by atoms with Gasteiger partial charge in [-0.3, -0.25) is 9.13 Å². The SMILES string of the molecule is Nc1ccn(C[C@@H](CO)OCP(=O)(O)OCCCOCCCCCCCCCCCCCCC2CC2)c(=O)n1. The van der Waals surface area contributed by atoms with Crippen molar-refractivity contribution in [2.24, 2.45) is 5.92 Å². The van der Waals surface area contributed by atoms with Crippen molar-refractivity contribution in [3.8, 4) is 0 Å². The zero-order valence-electron chi connectivity index (χ0n) is 23.7. The molecule has 11 heteroatoms. The third-order valence-corrected chi connectivity index (χ3v) is 8.11. The molecule has 0 bridgehead atoms. The fraction of sp³-hybridized carbons (Fsp3) is 0.857. The number of nitrogens with zero attached hydrogens (tertiary/aromatic N) is 2. The van der Waals surface area contributed by atoms with Crippen LogP contribution >= 0.6 is 7.60 Å². The van der Waals surface area contributed by atoms with E-state index >= 15 is 0 Å². The minimum atomic E-state index is -3.99. The van der Waals surface area contributed by atoms with Crippen molar-refractivity contribution in [3.63, 3.8) is 0 Å². The summed E-state index contributed by atoms with van der Waals surface area (Å²) in [5.41, 5.74) is 4.86. The molecule has 0 saturated heterocycles. The Hall–Kier alpha value is -1.29. The molecule has 1 aliphatic rings. The van der Waals surface area contributed by atoms with E-state index < -0.39 is 32.3 Å². The number of hydrogen-bond acceptors (Lipinski definition) is 8. The molecule has 1 saturated carbocycles. The van der Waals surface area contributed by atoms with Crippen LogP contribution in [0, 0.1) is 5.92 Å². The van der Waals surface area contributed by atoms with Crippen molar-refractivity contribution in [1.82, 2.24) is 9.55 Å². The van der Waals surface area contributed by atoms with Crippen LogP contribution in [0.1, 0.15) is 103 Å². The molecule has 1 heterocycles. The van der Waals surface area contributed by atoms with E-state index in [1.54, 1.807) is 0 Å². The zero-order valence-corrected chi connectivity index (χ0v) is 24.6. The molecule has 39 heavy (non-hydrogen) atoms. The Labute approximate surface area is 234 Å². The summed E-state index contributed by atoms with van der Waals surface area (Å²) in [6.45, 7) is 0.760. The summed E-state index contributed by atoms with van der Waals surface area (Å²) in [4.78, 5) is 25.3. The van der Waals surface area contributed by atoms with Crippen molar-refractivity contribution in [2.45, 2.75) is 115 Å². The molecule has 0 spiro atoms. The number of nitrogens with two attached hydrogens (primary N) is 1. The lowest BCUT2D eigenvalue weighted by atomic mass is 10.0. The van der Waals surface area contributed by atoms with Crippen LogP contribution in [0.15, 0.2) is 17.1 Å². The number of rotatable bonds is 26. The summed E-state index contributed by atoms with van der Waals surface area (Å²) in [6.07, 6.45) is 20.9. The van der Waals surface area contributed by atoms with Crippen LogP contribution in [-0.4, -0.2) is 58.4 Å². The number of unbranched alkanes of at least 4 members (excludes halogenated alkanes) is 11. The molecule has 1 aromatic heterocycles. The standard InChI is InChI=1S/C28H52N3O7P/c29-27-17-18-31(28(33)30-27)22-26(23-32)37-24-39(34,35)38-21-13-20-36-19-12-10-8-6-4-2-1-3-5-7-9-11-14-25-15-16-25/h17-18,25-26,32H,1-16,19-24H2,(H,34,35)(H2,29,30,33)/t26-/m0/s1. The number of ether oxygens (including phenoxy) is 2. The summed E-state index contributed by atoms with van der Waals surface area (Å²) in [7, 11) is -3.99. The molecule has 2 atom stereocenters. The van der Waals surface area contributed by atoms with Crippen LogP contribution in [0.25, 0.3) is 0 Å². The highest BCUT2D eigenvalue weighted by Crippen LogP contribution is 2.42. The van der Waals surface area contributed by atoms with Gasteiger partial charge in [0.25, 0.3) is 0 Å². The highest BCUT2D eigenvalue weighted by atomic mass is 31.2. The number of aromatic nitrogens is 2. The van der Waals surface area contributed by atoms with Gasteiger partial charge in [-0.15, -0.1) is 0 Å². The van der Waals surface area contributed by atoms with E-state index in [1.165, 1.54) is 107 Å². The lowest BCUT2D eigenvalue weighted by Crippen LogP contribution is -2.32. The summed E-state index contributed by atoms with van der Waals surface area (Å²) in [5, 5.41) is 9.47. The van der Waals surface area contributed by atoms with Gasteiger partial charge in [-0.05, 0) is 24.8 Å². The molecule has 10 nitrogen and oxygen atoms in total. The normalized spacial score (nSPS) is 15.8. The highest BCUT2D eigenvalue weighted by Gasteiger charge is 2.23. The maximum absolute atomic E-state index is 12.2. The van der Waals surface area contributed by atoms with Gasteiger partial charge in [0.05, 0.1) is 25.9 Å². The van der Waals surface area contributed by atoms with E-state index in [-0.39, 0.29) is 19.0 Å². The third kappa shape index (κ3) is 17.9. The Kier molecular flexibility index (Phi) is 17.9. The van der Waals surface area contributed by atoms with Crippen molar-refractivity contribution < 1.29 is 28.6 Å². The number of aliphatic hydroxyl groups excluding tert-OH is 1. The Morgan fingerprint density at radius 3 is 2.13 bits per heavy atom. The first-order chi connectivity index (χ1) is 18.9. The fourth-order valence-corrected chi connectivity index (χ4v) is 5.37. The zero-order chi connectivity index (χ0) is 28.2. The van der Waals surface area contributed by atoms with Gasteiger partial charge >= 0.3 is 13.3 Å². The van der Waals surface area contributed by atoms with Crippen LogP contribution in [0.4, 0.5) is 5.82 Å². The molecule has 1 aliphatic carbocycles. The Bertz CT molecular complexity index is 866. The summed E-state index contributed by atoms with van der Waals surface area (Å²) < 4.78 is 29.4. The summed E-state index contributed by atoms with van der Waals surface area (Å²) in [6, 6.07) is 1.44. The van der Waals surface area contributed by atoms with Gasteiger partial charge < -0.3 is 29.7 Å². The van der Waals surface area contributed by atoms with Crippen LogP contribution in [0.3, 0.4) is 0 Å². The third-order valence-electron chi connectivity index (χ3n) is 7.05. The van der Waals surface area contributed by atoms with Gasteiger partial charge in [0.15, 0.2) is 0 Å². The van der Waals surface area contributed by atoms with Crippen LogP contribution < -0.4 is 11.4 Å². The van der Waals surface area contributed by atoms with E-state index in [0.29, 0.717) is 19.6 Å². The predicted molar refractivity (Wildman–Crippen MR) is 154 cm³/mol. The first kappa shape index (κ1) is 33.9. The molecule has 2 rings (SSSR count). The molecule has 226 valence electrons. The second-order valence-corrected chi connectivity index (χ2v) is 12.6. The lowest BCUT2D eigenvalue weighted by molar-refractivity contribution is 0.0162. The largest absolute Gasteiger partial charge is 0.394 e. The number of anilines is 1. The molecule has 1 unspecified atom stereocenters. The first-order valence-corrected chi connectivity index (χ1v) is 16.8. The molecule has 1 aromatic rings. The number of nitrogen functional groups attached to an aromatic ring is 1. The summed E-state index contributed by atoms with van der Waals surface area (Å²) in [5.74, 6) is 1.18. The van der Waals surface area contributed by atoms with Crippen LogP contribution in [-0.2, 0) is 25.1 Å². The topological polar surface area (TPSA) is 146 Å². The van der Waals surface area contributed by atoms with Crippen LogP contribution in [0.2, 0.25) is 0 Å². The van der Waals surface area contributed by atoms with Gasteiger partial charge in [0, 0.05) is 19.4 Å².